The van der Waals surface area contributed by atoms with Gasteiger partial charge in [-0.15, -0.1) is 0 Å². The highest BCUT2D eigenvalue weighted by Crippen LogP contribution is 2.19. The Kier molecular flexibility index (Phi) is 5.65. The van der Waals surface area contributed by atoms with Gasteiger partial charge in [0.2, 0.25) is 5.91 Å². The average Bonchev–Trinajstić information content (AvgIpc) is 2.49. The molecule has 0 aromatic heterocycles. The molecule has 0 spiro atoms. The minimum absolute atomic E-state index is 0.0239. The van der Waals surface area contributed by atoms with Gasteiger partial charge in [0.15, 0.2) is 0 Å². The van der Waals surface area contributed by atoms with E-state index in [0.29, 0.717) is 18.0 Å². The highest BCUT2D eigenvalue weighted by molar-refractivity contribution is 6.30. The second-order valence-electron chi connectivity index (χ2n) is 6.44. The van der Waals surface area contributed by atoms with Crippen LogP contribution in [0, 0.1) is 0 Å². The van der Waals surface area contributed by atoms with Crippen LogP contribution in [0.15, 0.2) is 24.3 Å². The molecular weight excluding hydrogens is 284 g/mol. The zero-order chi connectivity index (χ0) is 15.3. The van der Waals surface area contributed by atoms with Crippen molar-refractivity contribution in [1.29, 1.82) is 0 Å². The van der Waals surface area contributed by atoms with Gasteiger partial charge in [0.05, 0.1) is 6.42 Å². The maximum atomic E-state index is 12.1. The molecule has 1 aliphatic rings. The van der Waals surface area contributed by atoms with E-state index in [1.54, 1.807) is 0 Å². The van der Waals surface area contributed by atoms with Crippen molar-refractivity contribution in [3.05, 3.63) is 34.9 Å². The molecular formula is C17H25ClN2O. The highest BCUT2D eigenvalue weighted by Gasteiger charge is 2.28. The van der Waals surface area contributed by atoms with E-state index in [2.05, 4.69) is 24.1 Å². The lowest BCUT2D eigenvalue weighted by Gasteiger charge is -2.41. The highest BCUT2D eigenvalue weighted by atomic mass is 35.5. The van der Waals surface area contributed by atoms with Crippen LogP contribution in [0.2, 0.25) is 5.02 Å². The Morgan fingerprint density at radius 3 is 2.43 bits per heavy atom. The predicted octanol–water partition coefficient (Wildman–Crippen LogP) is 3.26. The van der Waals surface area contributed by atoms with Crippen molar-refractivity contribution in [2.45, 2.75) is 45.1 Å². The van der Waals surface area contributed by atoms with Crippen LogP contribution in [-0.4, -0.2) is 36.0 Å². The second kappa shape index (κ2) is 7.28. The summed E-state index contributed by atoms with van der Waals surface area (Å²) in [5.74, 6) is 0.0717. The van der Waals surface area contributed by atoms with Gasteiger partial charge in [-0.2, -0.15) is 0 Å². The van der Waals surface area contributed by atoms with Gasteiger partial charge in [-0.05, 0) is 57.5 Å². The van der Waals surface area contributed by atoms with Crippen LogP contribution < -0.4 is 5.32 Å². The maximum Gasteiger partial charge on any atom is 0.224 e. The molecule has 0 atom stereocenters. The Balaban J connectivity index is 1.81. The number of nitrogens with one attached hydrogen (secondary N) is 1. The minimum atomic E-state index is 0.0239. The van der Waals surface area contributed by atoms with Gasteiger partial charge in [0.1, 0.15) is 0 Å². The molecule has 1 aromatic carbocycles. The molecule has 1 aromatic rings. The number of carbonyl (C=O) groups is 1. The van der Waals surface area contributed by atoms with Crippen molar-refractivity contribution in [3.8, 4) is 0 Å². The smallest absolute Gasteiger partial charge is 0.224 e. The van der Waals surface area contributed by atoms with Crippen LogP contribution >= 0.6 is 11.6 Å². The monoisotopic (exact) mass is 308 g/mol. The Labute approximate surface area is 132 Å². The summed E-state index contributed by atoms with van der Waals surface area (Å²) in [4.78, 5) is 14.5. The summed E-state index contributed by atoms with van der Waals surface area (Å²) in [6.45, 7) is 7.39. The van der Waals surface area contributed by atoms with Gasteiger partial charge in [-0.3, -0.25) is 9.69 Å². The standard InChI is InChI=1S/C17H25ClN2O/c1-17(2,20-10-4-3-5-11-20)13-19-16(21)12-14-6-8-15(18)9-7-14/h6-9H,3-5,10-13H2,1-2H3,(H,19,21). The number of halogens is 1. The molecule has 0 bridgehead atoms. The number of hydrogen-bond acceptors (Lipinski definition) is 2. The topological polar surface area (TPSA) is 32.3 Å². The molecule has 1 heterocycles. The lowest BCUT2D eigenvalue weighted by molar-refractivity contribution is -0.121. The van der Waals surface area contributed by atoms with Gasteiger partial charge in [0, 0.05) is 17.1 Å². The summed E-state index contributed by atoms with van der Waals surface area (Å²) in [6.07, 6.45) is 4.27. The van der Waals surface area contributed by atoms with E-state index in [4.69, 9.17) is 11.6 Å². The Hall–Kier alpha value is -1.06. The van der Waals surface area contributed by atoms with Crippen LogP contribution in [0.4, 0.5) is 0 Å². The first-order chi connectivity index (χ1) is 9.97. The first kappa shape index (κ1) is 16.3. The molecule has 2 rings (SSSR count). The Morgan fingerprint density at radius 1 is 1.19 bits per heavy atom. The van der Waals surface area contributed by atoms with E-state index < -0.39 is 0 Å². The number of nitrogens with zero attached hydrogens (tertiary/aromatic N) is 1. The van der Waals surface area contributed by atoms with Gasteiger partial charge in [-0.1, -0.05) is 30.2 Å². The normalized spacial score (nSPS) is 16.7. The minimum Gasteiger partial charge on any atom is -0.354 e. The van der Waals surface area contributed by atoms with Crippen molar-refractivity contribution >= 4 is 17.5 Å². The third-order valence-electron chi connectivity index (χ3n) is 4.21. The van der Waals surface area contributed by atoms with Gasteiger partial charge >= 0.3 is 0 Å². The fraction of sp³-hybridized carbons (Fsp3) is 0.588. The van der Waals surface area contributed by atoms with Gasteiger partial charge < -0.3 is 5.32 Å². The molecule has 0 radical (unpaired) electrons. The van der Waals surface area contributed by atoms with E-state index in [1.807, 2.05) is 24.3 Å². The molecule has 1 N–H and O–H groups in total. The van der Waals surface area contributed by atoms with Crippen LogP contribution in [0.5, 0.6) is 0 Å². The SMILES string of the molecule is CC(C)(CNC(=O)Cc1ccc(Cl)cc1)N1CCCCC1. The first-order valence-corrected chi connectivity index (χ1v) is 8.11. The Morgan fingerprint density at radius 2 is 1.81 bits per heavy atom. The molecule has 21 heavy (non-hydrogen) atoms. The summed E-state index contributed by atoms with van der Waals surface area (Å²) in [7, 11) is 0. The molecule has 0 unspecified atom stereocenters. The largest absolute Gasteiger partial charge is 0.354 e. The van der Waals surface area contributed by atoms with Gasteiger partial charge in [0.25, 0.3) is 0 Å². The predicted molar refractivity (Wildman–Crippen MR) is 87.7 cm³/mol. The van der Waals surface area contributed by atoms with E-state index in [9.17, 15) is 4.79 Å². The van der Waals surface area contributed by atoms with Crippen molar-refractivity contribution in [1.82, 2.24) is 10.2 Å². The lowest BCUT2D eigenvalue weighted by Crippen LogP contribution is -2.53. The molecule has 0 saturated carbocycles. The maximum absolute atomic E-state index is 12.1. The average molecular weight is 309 g/mol. The zero-order valence-corrected chi connectivity index (χ0v) is 13.7. The fourth-order valence-electron chi connectivity index (χ4n) is 2.78. The van der Waals surface area contributed by atoms with Crippen molar-refractivity contribution in [2.24, 2.45) is 0 Å². The van der Waals surface area contributed by atoms with E-state index in [1.165, 1.54) is 19.3 Å². The van der Waals surface area contributed by atoms with E-state index in [0.717, 1.165) is 18.7 Å². The quantitative estimate of drug-likeness (QED) is 0.905. The van der Waals surface area contributed by atoms with Gasteiger partial charge in [-0.25, -0.2) is 0 Å². The molecule has 4 heteroatoms. The third kappa shape index (κ3) is 5.01. The molecule has 1 fully saturated rings. The molecule has 116 valence electrons. The van der Waals surface area contributed by atoms with Crippen molar-refractivity contribution in [2.75, 3.05) is 19.6 Å². The summed E-state index contributed by atoms with van der Waals surface area (Å²) >= 11 is 5.85. The number of benzene rings is 1. The first-order valence-electron chi connectivity index (χ1n) is 7.73. The van der Waals surface area contributed by atoms with Crippen molar-refractivity contribution < 1.29 is 4.79 Å². The molecule has 0 aliphatic carbocycles. The number of hydrogen-bond donors (Lipinski definition) is 1. The summed E-state index contributed by atoms with van der Waals surface area (Å²) in [5.41, 5.74) is 1.02. The molecule has 1 amide bonds. The second-order valence-corrected chi connectivity index (χ2v) is 6.88. The number of carbonyl (C=O) groups excluding carboxylic acids is 1. The number of piperidine rings is 1. The zero-order valence-electron chi connectivity index (χ0n) is 13.0. The van der Waals surface area contributed by atoms with Crippen LogP contribution in [0.1, 0.15) is 38.7 Å². The Bertz CT molecular complexity index is 464. The number of amides is 1. The molecule has 1 aliphatic heterocycles. The third-order valence-corrected chi connectivity index (χ3v) is 4.46. The summed E-state index contributed by atoms with van der Waals surface area (Å²) in [6, 6.07) is 7.44. The summed E-state index contributed by atoms with van der Waals surface area (Å²) in [5, 5.41) is 3.77. The summed E-state index contributed by atoms with van der Waals surface area (Å²) < 4.78 is 0. The van der Waals surface area contributed by atoms with Crippen molar-refractivity contribution in [3.63, 3.8) is 0 Å². The van der Waals surface area contributed by atoms with E-state index >= 15 is 0 Å². The van der Waals surface area contributed by atoms with Crippen LogP contribution in [-0.2, 0) is 11.2 Å². The molecule has 3 nitrogen and oxygen atoms in total. The van der Waals surface area contributed by atoms with Crippen LogP contribution in [0.3, 0.4) is 0 Å². The van der Waals surface area contributed by atoms with E-state index in [-0.39, 0.29) is 11.4 Å². The molecule has 1 saturated heterocycles. The lowest BCUT2D eigenvalue weighted by atomic mass is 9.98. The fourth-order valence-corrected chi connectivity index (χ4v) is 2.90. The number of rotatable bonds is 5. The number of likely N-dealkylation sites (tertiary alicyclic amines) is 1. The van der Waals surface area contributed by atoms with Crippen LogP contribution in [0.25, 0.3) is 0 Å².